The first-order valence-electron chi connectivity index (χ1n) is 8.60. The number of allylic oxidation sites excluding steroid dienone is 2. The molecule has 4 aliphatic carbocycles. The Morgan fingerprint density at radius 1 is 1.12 bits per heavy atom. The molecule has 0 radical (unpaired) electrons. The Morgan fingerprint density at radius 3 is 2.38 bits per heavy atom. The lowest BCUT2D eigenvalue weighted by molar-refractivity contribution is -0.139. The third-order valence-corrected chi connectivity index (χ3v) is 6.62. The Morgan fingerprint density at radius 2 is 1.75 bits per heavy atom. The number of imide groups is 1. The van der Waals surface area contributed by atoms with Crippen molar-refractivity contribution >= 4 is 29.1 Å². The summed E-state index contributed by atoms with van der Waals surface area (Å²) < 4.78 is 0. The zero-order valence-corrected chi connectivity index (χ0v) is 14.2. The molecule has 1 N–H and O–H groups in total. The van der Waals surface area contributed by atoms with E-state index in [2.05, 4.69) is 17.5 Å². The molecular formula is C19H19ClN2O2. The zero-order chi connectivity index (χ0) is 16.6. The summed E-state index contributed by atoms with van der Waals surface area (Å²) in [6.45, 7) is 2.20. The van der Waals surface area contributed by atoms with Gasteiger partial charge < -0.3 is 5.32 Å². The van der Waals surface area contributed by atoms with E-state index < -0.39 is 0 Å². The first kappa shape index (κ1) is 14.5. The van der Waals surface area contributed by atoms with E-state index in [4.69, 9.17) is 11.6 Å². The van der Waals surface area contributed by atoms with Crippen molar-refractivity contribution in [3.63, 3.8) is 0 Å². The Balaban J connectivity index is 1.38. The highest BCUT2D eigenvalue weighted by Crippen LogP contribution is 2.65. The van der Waals surface area contributed by atoms with Gasteiger partial charge in [-0.25, -0.2) is 0 Å². The van der Waals surface area contributed by atoms with Crippen LogP contribution in [0.5, 0.6) is 0 Å². The summed E-state index contributed by atoms with van der Waals surface area (Å²) in [6, 6.07) is 5.59. The van der Waals surface area contributed by atoms with Crippen molar-refractivity contribution in [2.24, 2.45) is 35.5 Å². The summed E-state index contributed by atoms with van der Waals surface area (Å²) in [6.07, 6.45) is 5.59. The van der Waals surface area contributed by atoms with Crippen LogP contribution in [-0.4, -0.2) is 23.4 Å². The van der Waals surface area contributed by atoms with Crippen LogP contribution < -0.4 is 5.32 Å². The van der Waals surface area contributed by atoms with Crippen LogP contribution in [0.25, 0.3) is 0 Å². The second-order valence-electron chi connectivity index (χ2n) is 7.55. The third kappa shape index (κ3) is 1.86. The van der Waals surface area contributed by atoms with E-state index in [1.165, 1.54) is 11.3 Å². The topological polar surface area (TPSA) is 49.4 Å². The maximum Gasteiger partial charge on any atom is 0.235 e. The van der Waals surface area contributed by atoms with Crippen molar-refractivity contribution in [1.82, 2.24) is 4.90 Å². The highest BCUT2D eigenvalue weighted by atomic mass is 35.5. The van der Waals surface area contributed by atoms with E-state index >= 15 is 0 Å². The fourth-order valence-corrected chi connectivity index (χ4v) is 5.30. The number of rotatable bonds is 3. The van der Waals surface area contributed by atoms with Crippen LogP contribution in [0, 0.1) is 42.4 Å². The summed E-state index contributed by atoms with van der Waals surface area (Å²) in [7, 11) is 0. The highest BCUT2D eigenvalue weighted by molar-refractivity contribution is 6.30. The van der Waals surface area contributed by atoms with Gasteiger partial charge in [0.25, 0.3) is 0 Å². The molecule has 0 unspecified atom stereocenters. The lowest BCUT2D eigenvalue weighted by Crippen LogP contribution is -2.40. The number of carbonyl (C=O) groups excluding carboxylic acids is 2. The number of likely N-dealkylation sites (tertiary alicyclic amines) is 1. The van der Waals surface area contributed by atoms with Gasteiger partial charge in [0.05, 0.1) is 18.5 Å². The number of nitrogens with zero attached hydrogens (tertiary/aromatic N) is 1. The minimum Gasteiger partial charge on any atom is -0.367 e. The standard InChI is InChI=1S/C19H19ClN2O2/c1-9-2-3-10(20)6-15(9)21-8-22-18(23)16-11-4-5-12(14-7-13(11)14)17(16)19(22)24/h2-6,11-14,16-17,21H,7-8H2,1H3/t11-,12-,13-,14-,16+,17+/m1/s1. The maximum absolute atomic E-state index is 12.9. The summed E-state index contributed by atoms with van der Waals surface area (Å²) in [5.41, 5.74) is 1.90. The normalized spacial score (nSPS) is 38.3. The van der Waals surface area contributed by atoms with Gasteiger partial charge in [-0.05, 0) is 54.7 Å². The van der Waals surface area contributed by atoms with E-state index in [9.17, 15) is 9.59 Å². The Bertz CT molecular complexity index is 754. The van der Waals surface area contributed by atoms with Gasteiger partial charge in [-0.2, -0.15) is 0 Å². The monoisotopic (exact) mass is 342 g/mol. The SMILES string of the molecule is Cc1ccc(Cl)cc1NCN1C(=O)[C@H]2[C@@H]3C=C[C@H]([C@H]4C[C@H]34)[C@@H]2C1=O. The van der Waals surface area contributed by atoms with Crippen molar-refractivity contribution in [2.45, 2.75) is 13.3 Å². The molecule has 6 atom stereocenters. The lowest BCUT2D eigenvalue weighted by Gasteiger charge is -2.37. The van der Waals surface area contributed by atoms with Crippen LogP contribution in [0.3, 0.4) is 0 Å². The molecule has 124 valence electrons. The van der Waals surface area contributed by atoms with Gasteiger partial charge in [0, 0.05) is 10.7 Å². The largest absolute Gasteiger partial charge is 0.367 e. The van der Waals surface area contributed by atoms with Crippen LogP contribution in [0.2, 0.25) is 5.02 Å². The van der Waals surface area contributed by atoms with Crippen molar-refractivity contribution in [3.8, 4) is 0 Å². The van der Waals surface area contributed by atoms with Gasteiger partial charge in [0.1, 0.15) is 0 Å². The van der Waals surface area contributed by atoms with E-state index in [0.717, 1.165) is 11.3 Å². The van der Waals surface area contributed by atoms with Gasteiger partial charge in [-0.1, -0.05) is 29.8 Å². The van der Waals surface area contributed by atoms with E-state index in [1.54, 1.807) is 0 Å². The number of benzene rings is 1. The lowest BCUT2D eigenvalue weighted by atomic mass is 9.63. The number of nitrogens with one attached hydrogen (secondary N) is 1. The van der Waals surface area contributed by atoms with E-state index in [-0.39, 0.29) is 42.2 Å². The molecule has 3 fully saturated rings. The van der Waals surface area contributed by atoms with Crippen LogP contribution in [0.15, 0.2) is 30.4 Å². The smallest absolute Gasteiger partial charge is 0.235 e. The number of carbonyl (C=O) groups is 2. The van der Waals surface area contributed by atoms with Gasteiger partial charge in [-0.3, -0.25) is 14.5 Å². The molecule has 5 aliphatic rings. The number of halogens is 1. The predicted octanol–water partition coefficient (Wildman–Crippen LogP) is 3.07. The first-order chi connectivity index (χ1) is 11.6. The van der Waals surface area contributed by atoms with E-state index in [1.807, 2.05) is 25.1 Å². The molecule has 1 aliphatic heterocycles. The second kappa shape index (κ2) is 4.85. The number of hydrogen-bond acceptors (Lipinski definition) is 3. The van der Waals surface area contributed by atoms with Crippen molar-refractivity contribution in [3.05, 3.63) is 40.9 Å². The molecule has 2 saturated carbocycles. The quantitative estimate of drug-likeness (QED) is 0.678. The second-order valence-corrected chi connectivity index (χ2v) is 7.99. The molecule has 5 heteroatoms. The summed E-state index contributed by atoms with van der Waals surface area (Å²) in [5.74, 6) is 1.58. The summed E-state index contributed by atoms with van der Waals surface area (Å²) in [4.78, 5) is 27.2. The minimum atomic E-state index is -0.126. The van der Waals surface area contributed by atoms with E-state index in [0.29, 0.717) is 16.9 Å². The first-order valence-corrected chi connectivity index (χ1v) is 8.97. The molecule has 24 heavy (non-hydrogen) atoms. The van der Waals surface area contributed by atoms with Crippen LogP contribution in [0.4, 0.5) is 5.69 Å². The summed E-state index contributed by atoms with van der Waals surface area (Å²) >= 11 is 6.04. The molecule has 4 nitrogen and oxygen atoms in total. The Labute approximate surface area is 145 Å². The number of hydrogen-bond donors (Lipinski definition) is 1. The minimum absolute atomic E-state index is 0.00174. The van der Waals surface area contributed by atoms with Crippen LogP contribution in [0.1, 0.15) is 12.0 Å². The summed E-state index contributed by atoms with van der Waals surface area (Å²) in [5, 5.41) is 3.86. The molecule has 2 bridgehead atoms. The average Bonchev–Trinajstić information content (AvgIpc) is 3.35. The molecule has 6 rings (SSSR count). The fraction of sp³-hybridized carbons (Fsp3) is 0.474. The van der Waals surface area contributed by atoms with Crippen molar-refractivity contribution < 1.29 is 9.59 Å². The molecule has 1 heterocycles. The van der Waals surface area contributed by atoms with Crippen molar-refractivity contribution in [2.75, 3.05) is 12.0 Å². The van der Waals surface area contributed by atoms with Gasteiger partial charge in [0.15, 0.2) is 0 Å². The molecule has 0 spiro atoms. The number of amides is 2. The molecule has 0 aromatic heterocycles. The molecule has 2 amide bonds. The van der Waals surface area contributed by atoms with Crippen molar-refractivity contribution in [1.29, 1.82) is 0 Å². The zero-order valence-electron chi connectivity index (χ0n) is 13.4. The molecule has 1 aromatic rings. The van der Waals surface area contributed by atoms with Gasteiger partial charge in [0.2, 0.25) is 11.8 Å². The number of anilines is 1. The maximum atomic E-state index is 12.9. The fourth-order valence-electron chi connectivity index (χ4n) is 5.12. The third-order valence-electron chi connectivity index (χ3n) is 6.38. The Kier molecular flexibility index (Phi) is 2.94. The van der Waals surface area contributed by atoms with Gasteiger partial charge >= 0.3 is 0 Å². The Hall–Kier alpha value is -1.81. The highest BCUT2D eigenvalue weighted by Gasteiger charge is 2.66. The van der Waals surface area contributed by atoms with Crippen LogP contribution >= 0.6 is 11.6 Å². The predicted molar refractivity (Wildman–Crippen MR) is 91.2 cm³/mol. The molecule has 1 aromatic carbocycles. The average molecular weight is 343 g/mol. The number of aryl methyl sites for hydroxylation is 1. The molecular weight excluding hydrogens is 324 g/mol. The molecule has 1 saturated heterocycles. The van der Waals surface area contributed by atoms with Gasteiger partial charge in [-0.15, -0.1) is 0 Å². The van der Waals surface area contributed by atoms with Crippen LogP contribution in [-0.2, 0) is 9.59 Å².